The minimum Gasteiger partial charge on any atom is -0.459 e. The standard InChI is InChI=1S/C24H21FN2O3/c1-2-16-7-10-21-18(12-16)13-19(23(28)26-21)15-27(24(29)22-4-3-11-30-22)14-17-5-8-20(25)9-6-17/h3-13H,2,14-15H2,1H3,(H,26,28). The molecular weight excluding hydrogens is 383 g/mol. The molecule has 0 atom stereocenters. The first-order valence-electron chi connectivity index (χ1n) is 9.75. The Kier molecular flexibility index (Phi) is 5.48. The molecule has 0 unspecified atom stereocenters. The Labute approximate surface area is 172 Å². The van der Waals surface area contributed by atoms with Gasteiger partial charge in [0.2, 0.25) is 0 Å². The lowest BCUT2D eigenvalue weighted by molar-refractivity contribution is 0.0697. The molecule has 4 rings (SSSR count). The largest absolute Gasteiger partial charge is 0.459 e. The summed E-state index contributed by atoms with van der Waals surface area (Å²) in [5, 5.41) is 0.913. The number of hydrogen-bond acceptors (Lipinski definition) is 3. The highest BCUT2D eigenvalue weighted by Gasteiger charge is 2.20. The van der Waals surface area contributed by atoms with Crippen molar-refractivity contribution in [3.8, 4) is 0 Å². The fourth-order valence-corrected chi connectivity index (χ4v) is 3.41. The van der Waals surface area contributed by atoms with Crippen LogP contribution in [0.5, 0.6) is 0 Å². The number of pyridine rings is 1. The predicted octanol–water partition coefficient (Wildman–Crippen LogP) is 4.67. The lowest BCUT2D eigenvalue weighted by Gasteiger charge is -2.22. The third kappa shape index (κ3) is 4.17. The number of carbonyl (C=O) groups excluding carboxylic acids is 1. The maximum Gasteiger partial charge on any atom is 0.290 e. The van der Waals surface area contributed by atoms with Gasteiger partial charge in [-0.3, -0.25) is 9.59 Å². The van der Waals surface area contributed by atoms with Crippen molar-refractivity contribution in [3.63, 3.8) is 0 Å². The molecule has 0 aliphatic heterocycles. The molecule has 0 radical (unpaired) electrons. The zero-order valence-corrected chi connectivity index (χ0v) is 16.5. The van der Waals surface area contributed by atoms with Crippen LogP contribution < -0.4 is 5.56 Å². The predicted molar refractivity (Wildman–Crippen MR) is 113 cm³/mol. The Balaban J connectivity index is 1.70. The van der Waals surface area contributed by atoms with Crippen molar-refractivity contribution in [1.29, 1.82) is 0 Å². The topological polar surface area (TPSA) is 66.3 Å². The number of benzene rings is 2. The van der Waals surface area contributed by atoms with E-state index in [4.69, 9.17) is 4.42 Å². The summed E-state index contributed by atoms with van der Waals surface area (Å²) in [5.74, 6) is -0.505. The highest BCUT2D eigenvalue weighted by atomic mass is 19.1. The Morgan fingerprint density at radius 1 is 1.03 bits per heavy atom. The average molecular weight is 404 g/mol. The van der Waals surface area contributed by atoms with Crippen LogP contribution in [-0.2, 0) is 19.5 Å². The number of fused-ring (bicyclic) bond motifs is 1. The van der Waals surface area contributed by atoms with E-state index in [0.717, 1.165) is 28.5 Å². The number of rotatable bonds is 6. The first-order valence-corrected chi connectivity index (χ1v) is 9.75. The summed E-state index contributed by atoms with van der Waals surface area (Å²) in [4.78, 5) is 30.1. The van der Waals surface area contributed by atoms with Crippen molar-refractivity contribution < 1.29 is 13.6 Å². The number of carbonyl (C=O) groups is 1. The number of amides is 1. The monoisotopic (exact) mass is 404 g/mol. The molecule has 2 aromatic carbocycles. The zero-order valence-electron chi connectivity index (χ0n) is 16.5. The maximum absolute atomic E-state index is 13.3. The molecule has 0 spiro atoms. The van der Waals surface area contributed by atoms with Crippen LogP contribution in [0.4, 0.5) is 4.39 Å². The van der Waals surface area contributed by atoms with Crippen molar-refractivity contribution in [3.05, 3.63) is 106 Å². The van der Waals surface area contributed by atoms with Gasteiger partial charge in [-0.15, -0.1) is 0 Å². The maximum atomic E-state index is 13.3. The normalized spacial score (nSPS) is 11.0. The number of aryl methyl sites for hydroxylation is 1. The molecule has 0 aliphatic rings. The molecule has 152 valence electrons. The van der Waals surface area contributed by atoms with Crippen molar-refractivity contribution in [2.45, 2.75) is 26.4 Å². The molecule has 0 aliphatic carbocycles. The first kappa shape index (κ1) is 19.6. The molecule has 2 aromatic heterocycles. The lowest BCUT2D eigenvalue weighted by atomic mass is 10.1. The van der Waals surface area contributed by atoms with Crippen LogP contribution in [-0.4, -0.2) is 15.8 Å². The Morgan fingerprint density at radius 2 is 1.80 bits per heavy atom. The molecule has 5 nitrogen and oxygen atoms in total. The van der Waals surface area contributed by atoms with Gasteiger partial charge in [-0.25, -0.2) is 4.39 Å². The van der Waals surface area contributed by atoms with Gasteiger partial charge >= 0.3 is 0 Å². The highest BCUT2D eigenvalue weighted by molar-refractivity contribution is 5.91. The van der Waals surface area contributed by atoms with Crippen LogP contribution in [0.3, 0.4) is 0 Å². The Bertz CT molecular complexity index is 1230. The van der Waals surface area contributed by atoms with Gasteiger partial charge in [-0.1, -0.05) is 25.1 Å². The second-order valence-electron chi connectivity index (χ2n) is 7.16. The number of furan rings is 1. The molecule has 0 saturated carbocycles. The molecular formula is C24H21FN2O3. The summed E-state index contributed by atoms with van der Waals surface area (Å²) >= 11 is 0. The van der Waals surface area contributed by atoms with E-state index in [1.165, 1.54) is 23.3 Å². The average Bonchev–Trinajstić information content (AvgIpc) is 3.29. The fraction of sp³-hybridized carbons (Fsp3) is 0.167. The van der Waals surface area contributed by atoms with Crippen LogP contribution in [0.15, 0.2) is 76.1 Å². The van der Waals surface area contributed by atoms with E-state index in [1.54, 1.807) is 24.3 Å². The molecule has 4 aromatic rings. The van der Waals surface area contributed by atoms with Crippen molar-refractivity contribution in [1.82, 2.24) is 9.88 Å². The summed E-state index contributed by atoms with van der Waals surface area (Å²) in [6.45, 7) is 2.38. The van der Waals surface area contributed by atoms with Gasteiger partial charge in [0, 0.05) is 17.6 Å². The molecule has 30 heavy (non-hydrogen) atoms. The number of aromatic amines is 1. The van der Waals surface area contributed by atoms with E-state index >= 15 is 0 Å². The van der Waals surface area contributed by atoms with Crippen LogP contribution >= 0.6 is 0 Å². The van der Waals surface area contributed by atoms with Gasteiger partial charge in [0.15, 0.2) is 5.76 Å². The number of halogens is 1. The molecule has 1 amide bonds. The van der Waals surface area contributed by atoms with Crippen LogP contribution in [0, 0.1) is 5.82 Å². The van der Waals surface area contributed by atoms with Gasteiger partial charge in [-0.05, 0) is 65.4 Å². The fourth-order valence-electron chi connectivity index (χ4n) is 3.41. The van der Waals surface area contributed by atoms with Crippen molar-refractivity contribution in [2.75, 3.05) is 0 Å². The number of nitrogens with zero attached hydrogens (tertiary/aromatic N) is 1. The van der Waals surface area contributed by atoms with Gasteiger partial charge < -0.3 is 14.3 Å². The smallest absolute Gasteiger partial charge is 0.290 e. The van der Waals surface area contributed by atoms with E-state index in [1.807, 2.05) is 24.3 Å². The molecule has 0 bridgehead atoms. The van der Waals surface area contributed by atoms with Gasteiger partial charge in [-0.2, -0.15) is 0 Å². The second kappa shape index (κ2) is 8.37. The van der Waals surface area contributed by atoms with Crippen molar-refractivity contribution >= 4 is 16.8 Å². The van der Waals surface area contributed by atoms with Crippen molar-refractivity contribution in [2.24, 2.45) is 0 Å². The van der Waals surface area contributed by atoms with Crippen LogP contribution in [0.2, 0.25) is 0 Å². The van der Waals surface area contributed by atoms with E-state index in [-0.39, 0.29) is 36.1 Å². The molecule has 6 heteroatoms. The van der Waals surface area contributed by atoms with Crippen LogP contribution in [0.1, 0.15) is 34.2 Å². The Hall–Kier alpha value is -3.67. The minimum absolute atomic E-state index is 0.0958. The summed E-state index contributed by atoms with van der Waals surface area (Å²) in [5.41, 5.74) is 2.89. The van der Waals surface area contributed by atoms with Gasteiger partial charge in [0.05, 0.1) is 12.8 Å². The number of hydrogen-bond donors (Lipinski definition) is 1. The second-order valence-corrected chi connectivity index (χ2v) is 7.16. The first-order chi connectivity index (χ1) is 14.5. The summed E-state index contributed by atoms with van der Waals surface area (Å²) < 4.78 is 18.5. The van der Waals surface area contributed by atoms with Gasteiger partial charge in [0.1, 0.15) is 5.82 Å². The number of nitrogens with one attached hydrogen (secondary N) is 1. The third-order valence-electron chi connectivity index (χ3n) is 5.06. The van der Waals surface area contributed by atoms with E-state index in [0.29, 0.717) is 5.56 Å². The number of aromatic nitrogens is 1. The summed E-state index contributed by atoms with van der Waals surface area (Å²) in [6, 6.07) is 16.9. The van der Waals surface area contributed by atoms with E-state index in [2.05, 4.69) is 11.9 Å². The highest BCUT2D eigenvalue weighted by Crippen LogP contribution is 2.18. The molecule has 1 N–H and O–H groups in total. The third-order valence-corrected chi connectivity index (χ3v) is 5.06. The molecule has 0 fully saturated rings. The summed E-state index contributed by atoms with van der Waals surface area (Å²) in [6.07, 6.45) is 2.32. The minimum atomic E-state index is -0.347. The van der Waals surface area contributed by atoms with E-state index < -0.39 is 0 Å². The quantitative estimate of drug-likeness (QED) is 0.508. The SMILES string of the molecule is CCc1ccc2[nH]c(=O)c(CN(Cc3ccc(F)cc3)C(=O)c3ccco3)cc2c1. The molecule has 0 saturated heterocycles. The summed E-state index contributed by atoms with van der Waals surface area (Å²) in [7, 11) is 0. The lowest BCUT2D eigenvalue weighted by Crippen LogP contribution is -2.32. The van der Waals surface area contributed by atoms with E-state index in [9.17, 15) is 14.0 Å². The zero-order chi connectivity index (χ0) is 21.1. The number of H-pyrrole nitrogens is 1. The Morgan fingerprint density at radius 3 is 2.50 bits per heavy atom. The van der Waals surface area contributed by atoms with Crippen LogP contribution in [0.25, 0.3) is 10.9 Å². The molecule has 2 heterocycles. The van der Waals surface area contributed by atoms with Gasteiger partial charge in [0.25, 0.3) is 11.5 Å².